The number of aromatic hydroxyl groups is 1. The Hall–Kier alpha value is -1.07. The molecule has 1 fully saturated rings. The Bertz CT molecular complexity index is 474. The summed E-state index contributed by atoms with van der Waals surface area (Å²) in [6, 6.07) is 5.58. The van der Waals surface area contributed by atoms with Crippen LogP contribution in [0.5, 0.6) is 5.75 Å². The minimum absolute atomic E-state index is 0.0229. The largest absolute Gasteiger partial charge is 0.508 e. The molecule has 5 heteroatoms. The van der Waals surface area contributed by atoms with Crippen molar-refractivity contribution >= 4 is 21.9 Å². The Morgan fingerprint density at radius 1 is 1.53 bits per heavy atom. The lowest BCUT2D eigenvalue weighted by Gasteiger charge is -2.30. The molecule has 4 nitrogen and oxygen atoms in total. The lowest BCUT2D eigenvalue weighted by atomic mass is 10.0. The van der Waals surface area contributed by atoms with Crippen molar-refractivity contribution in [3.8, 4) is 5.75 Å². The van der Waals surface area contributed by atoms with E-state index in [1.54, 1.807) is 12.1 Å². The van der Waals surface area contributed by atoms with Gasteiger partial charge in [0.1, 0.15) is 5.75 Å². The van der Waals surface area contributed by atoms with Crippen molar-refractivity contribution in [1.29, 1.82) is 0 Å². The maximum atomic E-state index is 11.0. The van der Waals surface area contributed by atoms with E-state index in [2.05, 4.69) is 15.9 Å². The monoisotopic (exact) mass is 327 g/mol. The second-order valence-electron chi connectivity index (χ2n) is 4.92. The van der Waals surface area contributed by atoms with Gasteiger partial charge in [0.2, 0.25) is 0 Å². The van der Waals surface area contributed by atoms with Gasteiger partial charge in [-0.15, -0.1) is 0 Å². The average Bonchev–Trinajstić information content (AvgIpc) is 3.16. The normalized spacial score (nSPS) is 16.6. The summed E-state index contributed by atoms with van der Waals surface area (Å²) in [6.07, 6.45) is 2.85. The van der Waals surface area contributed by atoms with Gasteiger partial charge in [0, 0.05) is 22.1 Å². The van der Waals surface area contributed by atoms with Gasteiger partial charge in [-0.05, 0) is 37.5 Å². The molecule has 2 N–H and O–H groups in total. The van der Waals surface area contributed by atoms with Crippen LogP contribution < -0.4 is 0 Å². The molecule has 2 rings (SSSR count). The van der Waals surface area contributed by atoms with Gasteiger partial charge in [-0.1, -0.05) is 22.9 Å². The number of hydrogen-bond acceptors (Lipinski definition) is 3. The van der Waals surface area contributed by atoms with E-state index in [0.29, 0.717) is 6.04 Å². The van der Waals surface area contributed by atoms with Crippen LogP contribution in [0, 0.1) is 0 Å². The lowest BCUT2D eigenvalue weighted by molar-refractivity contribution is -0.139. The SMILES string of the molecule is CCC(c1cc(Br)ccc1O)N(CC(=O)O)C1CC1. The molecule has 0 spiro atoms. The number of phenols is 1. The molecule has 0 saturated heterocycles. The summed E-state index contributed by atoms with van der Waals surface area (Å²) in [5.41, 5.74) is 0.796. The molecular formula is C14H18BrNO3. The highest BCUT2D eigenvalue weighted by molar-refractivity contribution is 9.10. The van der Waals surface area contributed by atoms with Gasteiger partial charge in [-0.2, -0.15) is 0 Å². The first kappa shape index (κ1) is 14.3. The van der Waals surface area contributed by atoms with Crippen LogP contribution in [0.3, 0.4) is 0 Å². The molecule has 1 aromatic carbocycles. The molecule has 1 atom stereocenters. The number of carboxylic acids is 1. The molecule has 1 unspecified atom stereocenters. The van der Waals surface area contributed by atoms with E-state index in [9.17, 15) is 9.90 Å². The van der Waals surface area contributed by atoms with Gasteiger partial charge in [0.25, 0.3) is 0 Å². The average molecular weight is 328 g/mol. The number of halogens is 1. The van der Waals surface area contributed by atoms with E-state index >= 15 is 0 Å². The van der Waals surface area contributed by atoms with Gasteiger partial charge in [-0.25, -0.2) is 0 Å². The molecule has 19 heavy (non-hydrogen) atoms. The molecule has 0 radical (unpaired) electrons. The van der Waals surface area contributed by atoms with Crippen molar-refractivity contribution in [1.82, 2.24) is 4.90 Å². The highest BCUT2D eigenvalue weighted by Crippen LogP contribution is 2.39. The number of carboxylic acid groups (broad SMARTS) is 1. The predicted molar refractivity (Wildman–Crippen MR) is 76.2 cm³/mol. The summed E-state index contributed by atoms with van der Waals surface area (Å²) in [5.74, 6) is -0.592. The van der Waals surface area contributed by atoms with Crippen LogP contribution in [-0.2, 0) is 4.79 Å². The Morgan fingerprint density at radius 3 is 2.74 bits per heavy atom. The summed E-state index contributed by atoms with van der Waals surface area (Å²) >= 11 is 3.40. The highest BCUT2D eigenvalue weighted by Gasteiger charge is 2.36. The minimum Gasteiger partial charge on any atom is -0.508 e. The summed E-state index contributed by atoms with van der Waals surface area (Å²) < 4.78 is 0.893. The number of carbonyl (C=O) groups is 1. The molecular weight excluding hydrogens is 310 g/mol. The van der Waals surface area contributed by atoms with Gasteiger partial charge < -0.3 is 10.2 Å². The Labute approximate surface area is 121 Å². The molecule has 0 heterocycles. The number of benzene rings is 1. The Morgan fingerprint density at radius 2 is 2.21 bits per heavy atom. The molecule has 0 bridgehead atoms. The first-order chi connectivity index (χ1) is 9.02. The predicted octanol–water partition coefficient (Wildman–Crippen LogP) is 3.15. The van der Waals surface area contributed by atoms with Crippen molar-refractivity contribution in [2.75, 3.05) is 6.54 Å². The van der Waals surface area contributed by atoms with Crippen LogP contribution in [0.4, 0.5) is 0 Å². The minimum atomic E-state index is -0.820. The third kappa shape index (κ3) is 3.48. The molecule has 0 aliphatic heterocycles. The van der Waals surface area contributed by atoms with Crippen LogP contribution >= 0.6 is 15.9 Å². The molecule has 0 amide bonds. The van der Waals surface area contributed by atoms with Crippen molar-refractivity contribution in [2.45, 2.75) is 38.3 Å². The topological polar surface area (TPSA) is 60.8 Å². The number of hydrogen-bond donors (Lipinski definition) is 2. The fourth-order valence-electron chi connectivity index (χ4n) is 2.48. The fraction of sp³-hybridized carbons (Fsp3) is 0.500. The Kier molecular flexibility index (Phi) is 4.47. The quantitative estimate of drug-likeness (QED) is 0.842. The zero-order valence-electron chi connectivity index (χ0n) is 10.8. The van der Waals surface area contributed by atoms with Gasteiger partial charge >= 0.3 is 5.97 Å². The van der Waals surface area contributed by atoms with E-state index in [1.807, 2.05) is 17.9 Å². The van der Waals surface area contributed by atoms with Gasteiger partial charge in [0.05, 0.1) is 6.54 Å². The number of aliphatic carboxylic acids is 1. The second kappa shape index (κ2) is 5.92. The summed E-state index contributed by atoms with van der Waals surface area (Å²) in [7, 11) is 0. The Balaban J connectivity index is 2.30. The first-order valence-electron chi connectivity index (χ1n) is 6.49. The maximum absolute atomic E-state index is 11.0. The fourth-order valence-corrected chi connectivity index (χ4v) is 2.86. The number of rotatable bonds is 6. The van der Waals surface area contributed by atoms with Crippen LogP contribution in [-0.4, -0.2) is 33.7 Å². The first-order valence-corrected chi connectivity index (χ1v) is 7.28. The third-order valence-corrected chi connectivity index (χ3v) is 3.96. The summed E-state index contributed by atoms with van der Waals surface area (Å²) in [4.78, 5) is 13.0. The highest BCUT2D eigenvalue weighted by atomic mass is 79.9. The summed E-state index contributed by atoms with van der Waals surface area (Å²) in [5, 5.41) is 19.1. The standard InChI is InChI=1S/C14H18BrNO3/c1-2-12(11-7-9(15)3-6-13(11)17)16(8-14(18)19)10-4-5-10/h3,6-7,10,12,17H,2,4-5,8H2,1H3,(H,18,19). The van der Waals surface area contributed by atoms with Crippen molar-refractivity contribution < 1.29 is 15.0 Å². The molecule has 1 aliphatic carbocycles. The van der Waals surface area contributed by atoms with Crippen LogP contribution in [0.2, 0.25) is 0 Å². The van der Waals surface area contributed by atoms with Crippen LogP contribution in [0.15, 0.2) is 22.7 Å². The zero-order valence-corrected chi connectivity index (χ0v) is 12.4. The van der Waals surface area contributed by atoms with E-state index in [0.717, 1.165) is 29.3 Å². The number of phenolic OH excluding ortho intramolecular Hbond substituents is 1. The zero-order chi connectivity index (χ0) is 14.0. The molecule has 1 aromatic rings. The van der Waals surface area contributed by atoms with E-state index in [-0.39, 0.29) is 18.3 Å². The van der Waals surface area contributed by atoms with E-state index < -0.39 is 5.97 Å². The maximum Gasteiger partial charge on any atom is 0.317 e. The molecule has 1 saturated carbocycles. The smallest absolute Gasteiger partial charge is 0.317 e. The van der Waals surface area contributed by atoms with Gasteiger partial charge in [-0.3, -0.25) is 9.69 Å². The molecule has 0 aromatic heterocycles. The molecule has 104 valence electrons. The number of nitrogens with zero attached hydrogens (tertiary/aromatic N) is 1. The van der Waals surface area contributed by atoms with E-state index in [1.165, 1.54) is 0 Å². The second-order valence-corrected chi connectivity index (χ2v) is 5.84. The summed E-state index contributed by atoms with van der Waals surface area (Å²) in [6.45, 7) is 2.04. The van der Waals surface area contributed by atoms with Gasteiger partial charge in [0.15, 0.2) is 0 Å². The third-order valence-electron chi connectivity index (χ3n) is 3.47. The van der Waals surface area contributed by atoms with Crippen molar-refractivity contribution in [3.63, 3.8) is 0 Å². The molecule has 1 aliphatic rings. The van der Waals surface area contributed by atoms with E-state index in [4.69, 9.17) is 5.11 Å². The van der Waals surface area contributed by atoms with Crippen molar-refractivity contribution in [3.05, 3.63) is 28.2 Å². The van der Waals surface area contributed by atoms with Crippen molar-refractivity contribution in [2.24, 2.45) is 0 Å². The van der Waals surface area contributed by atoms with Crippen LogP contribution in [0.25, 0.3) is 0 Å². The van der Waals surface area contributed by atoms with Crippen LogP contribution in [0.1, 0.15) is 37.8 Å². The lowest BCUT2D eigenvalue weighted by Crippen LogP contribution is -2.35.